The van der Waals surface area contributed by atoms with Crippen molar-refractivity contribution < 1.29 is 27.6 Å². The van der Waals surface area contributed by atoms with Gasteiger partial charge in [-0.1, -0.05) is 0 Å². The second kappa shape index (κ2) is 8.28. The van der Waals surface area contributed by atoms with Crippen LogP contribution in [0.3, 0.4) is 0 Å². The van der Waals surface area contributed by atoms with Gasteiger partial charge in [-0.3, -0.25) is 24.6 Å². The molecule has 0 bridgehead atoms. The van der Waals surface area contributed by atoms with Crippen molar-refractivity contribution in [1.82, 2.24) is 20.4 Å². The highest BCUT2D eigenvalue weighted by molar-refractivity contribution is 6.05. The van der Waals surface area contributed by atoms with Gasteiger partial charge in [-0.05, 0) is 31.5 Å². The summed E-state index contributed by atoms with van der Waals surface area (Å²) < 4.78 is 44.1. The predicted octanol–water partition coefficient (Wildman–Crippen LogP) is 0.706. The molecule has 0 saturated carbocycles. The molecule has 1 aromatic carbocycles. The average Bonchev–Trinajstić information content (AvgIpc) is 3.11. The number of piperazine rings is 1. The van der Waals surface area contributed by atoms with Crippen LogP contribution in [-0.2, 0) is 16.1 Å². The number of benzene rings is 1. The van der Waals surface area contributed by atoms with Crippen molar-refractivity contribution in [2.24, 2.45) is 0 Å². The Bertz CT molecular complexity index is 996. The van der Waals surface area contributed by atoms with Crippen molar-refractivity contribution in [3.8, 4) is 0 Å². The summed E-state index contributed by atoms with van der Waals surface area (Å²) in [5.41, 5.74) is 0.784. The van der Waals surface area contributed by atoms with Crippen molar-refractivity contribution in [3.63, 3.8) is 0 Å². The maximum Gasteiger partial charge on any atom is 0.275 e. The zero-order valence-corrected chi connectivity index (χ0v) is 18.1. The summed E-state index contributed by atoms with van der Waals surface area (Å²) in [5.74, 6) is -4.66. The number of alkyl halides is 2. The van der Waals surface area contributed by atoms with E-state index >= 15 is 4.39 Å². The van der Waals surface area contributed by atoms with Crippen LogP contribution in [0.1, 0.15) is 35.2 Å². The second-order valence-electron chi connectivity index (χ2n) is 9.09. The molecule has 178 valence electrons. The third-order valence-corrected chi connectivity index (χ3v) is 7.17. The monoisotopic (exact) mass is 465 g/mol. The number of carbonyl (C=O) groups excluding carboxylic acids is 3. The Morgan fingerprint density at radius 2 is 1.79 bits per heavy atom. The average molecular weight is 465 g/mol. The van der Waals surface area contributed by atoms with E-state index in [4.69, 9.17) is 0 Å². The number of piperidine rings is 2. The Labute approximate surface area is 189 Å². The molecule has 3 amide bonds. The largest absolute Gasteiger partial charge is 0.367 e. The fraction of sp³-hybridized carbons (Fsp3) is 0.591. The lowest BCUT2D eigenvalue weighted by molar-refractivity contribution is -0.136. The summed E-state index contributed by atoms with van der Waals surface area (Å²) in [6.07, 6.45) is 0.714. The number of imide groups is 1. The number of hydrogen-bond acceptors (Lipinski definition) is 6. The van der Waals surface area contributed by atoms with Gasteiger partial charge in [0.1, 0.15) is 6.04 Å². The molecule has 4 aliphatic rings. The van der Waals surface area contributed by atoms with Crippen LogP contribution in [0, 0.1) is 5.82 Å². The molecule has 2 unspecified atom stereocenters. The molecule has 5 rings (SSSR count). The summed E-state index contributed by atoms with van der Waals surface area (Å²) in [5, 5.41) is 4.97. The highest BCUT2D eigenvalue weighted by Crippen LogP contribution is 2.35. The molecule has 4 heterocycles. The number of rotatable bonds is 3. The Morgan fingerprint density at radius 1 is 1.03 bits per heavy atom. The van der Waals surface area contributed by atoms with Crippen LogP contribution in [-0.4, -0.2) is 84.8 Å². The molecule has 33 heavy (non-hydrogen) atoms. The van der Waals surface area contributed by atoms with Crippen molar-refractivity contribution in [2.75, 3.05) is 44.2 Å². The minimum absolute atomic E-state index is 0.0403. The van der Waals surface area contributed by atoms with E-state index in [1.165, 1.54) is 4.90 Å². The third kappa shape index (κ3) is 3.86. The van der Waals surface area contributed by atoms with E-state index in [0.717, 1.165) is 0 Å². The van der Waals surface area contributed by atoms with Gasteiger partial charge in [0.2, 0.25) is 11.8 Å². The van der Waals surface area contributed by atoms with Gasteiger partial charge in [0.05, 0.1) is 24.8 Å². The van der Waals surface area contributed by atoms with Crippen molar-refractivity contribution in [2.45, 2.75) is 43.8 Å². The lowest BCUT2D eigenvalue weighted by atomic mass is 9.99. The Morgan fingerprint density at radius 3 is 2.48 bits per heavy atom. The molecular weight excluding hydrogens is 439 g/mol. The second-order valence-corrected chi connectivity index (χ2v) is 9.09. The fourth-order valence-electron chi connectivity index (χ4n) is 5.38. The number of hydrogen-bond donors (Lipinski definition) is 2. The van der Waals surface area contributed by atoms with Crippen molar-refractivity contribution >= 4 is 23.4 Å². The number of nitrogens with one attached hydrogen (secondary N) is 2. The highest BCUT2D eigenvalue weighted by Gasteiger charge is 2.46. The number of anilines is 1. The summed E-state index contributed by atoms with van der Waals surface area (Å²) >= 11 is 0. The quantitative estimate of drug-likeness (QED) is 0.640. The first-order chi connectivity index (χ1) is 15.8. The van der Waals surface area contributed by atoms with E-state index in [1.807, 2.05) is 4.90 Å². The van der Waals surface area contributed by atoms with Crippen molar-refractivity contribution in [3.05, 3.63) is 29.1 Å². The SMILES string of the molecule is O=C1CCC(N2Cc3c(ccc(N4CCN(C5CCNCC5(F)F)CC4)c3F)C2=O)C(=O)N1. The van der Waals surface area contributed by atoms with E-state index in [9.17, 15) is 23.2 Å². The number of fused-ring (bicyclic) bond motifs is 1. The maximum absolute atomic E-state index is 15.5. The van der Waals surface area contributed by atoms with E-state index in [0.29, 0.717) is 44.8 Å². The van der Waals surface area contributed by atoms with Gasteiger partial charge in [0.25, 0.3) is 11.8 Å². The van der Waals surface area contributed by atoms with Gasteiger partial charge in [0.15, 0.2) is 5.82 Å². The zero-order chi connectivity index (χ0) is 23.3. The van der Waals surface area contributed by atoms with E-state index in [2.05, 4.69) is 10.6 Å². The third-order valence-electron chi connectivity index (χ3n) is 7.17. The van der Waals surface area contributed by atoms with Crippen molar-refractivity contribution in [1.29, 1.82) is 0 Å². The maximum atomic E-state index is 15.5. The van der Waals surface area contributed by atoms with Crippen LogP contribution in [0.4, 0.5) is 18.9 Å². The first-order valence-corrected chi connectivity index (χ1v) is 11.3. The van der Waals surface area contributed by atoms with E-state index in [-0.39, 0.29) is 43.0 Å². The molecule has 11 heteroatoms. The number of carbonyl (C=O) groups is 3. The minimum Gasteiger partial charge on any atom is -0.367 e. The van der Waals surface area contributed by atoms with Gasteiger partial charge >= 0.3 is 0 Å². The number of halogens is 3. The van der Waals surface area contributed by atoms with E-state index < -0.39 is 35.6 Å². The first kappa shape index (κ1) is 22.1. The first-order valence-electron chi connectivity index (χ1n) is 11.3. The van der Waals surface area contributed by atoms with Crippen LogP contribution in [0.25, 0.3) is 0 Å². The zero-order valence-electron chi connectivity index (χ0n) is 18.1. The standard InChI is InChI=1S/C22H26F3N5O3/c23-19-14-11-30(16-3-4-18(31)27-20(16)32)21(33)13(14)1-2-15(19)28-7-9-29(10-8-28)17-5-6-26-12-22(17,24)25/h1-2,16-17,26H,3-12H2,(H,27,31,32). The molecule has 2 atom stereocenters. The minimum atomic E-state index is -2.79. The van der Waals surface area contributed by atoms with Crippen LogP contribution >= 0.6 is 0 Å². The summed E-state index contributed by atoms with van der Waals surface area (Å²) in [6, 6.07) is 1.50. The van der Waals surface area contributed by atoms with Gasteiger partial charge in [0, 0.05) is 43.7 Å². The summed E-state index contributed by atoms with van der Waals surface area (Å²) in [6.45, 7) is 1.80. The fourth-order valence-corrected chi connectivity index (χ4v) is 5.38. The molecule has 2 N–H and O–H groups in total. The Hall–Kier alpha value is -2.66. The highest BCUT2D eigenvalue weighted by atomic mass is 19.3. The van der Waals surface area contributed by atoms with Gasteiger partial charge < -0.3 is 15.1 Å². The Balaban J connectivity index is 1.29. The molecule has 3 fully saturated rings. The van der Waals surface area contributed by atoms with Gasteiger partial charge in [-0.2, -0.15) is 0 Å². The van der Waals surface area contributed by atoms with Crippen LogP contribution < -0.4 is 15.5 Å². The van der Waals surface area contributed by atoms with Gasteiger partial charge in [-0.15, -0.1) is 0 Å². The van der Waals surface area contributed by atoms with Gasteiger partial charge in [-0.25, -0.2) is 13.2 Å². The summed E-state index contributed by atoms with van der Waals surface area (Å²) in [7, 11) is 0. The molecule has 0 aliphatic carbocycles. The number of amides is 3. The lowest BCUT2D eigenvalue weighted by Crippen LogP contribution is -2.61. The molecule has 8 nitrogen and oxygen atoms in total. The topological polar surface area (TPSA) is 85.0 Å². The lowest BCUT2D eigenvalue weighted by Gasteiger charge is -2.44. The number of nitrogens with zero attached hydrogens (tertiary/aromatic N) is 3. The van der Waals surface area contributed by atoms with Crippen LogP contribution in [0.5, 0.6) is 0 Å². The molecule has 0 aromatic heterocycles. The molecule has 1 aromatic rings. The van der Waals surface area contributed by atoms with Crippen LogP contribution in [0.15, 0.2) is 12.1 Å². The molecule has 3 saturated heterocycles. The normalized spacial score (nSPS) is 28.2. The molecular formula is C22H26F3N5O3. The van der Waals surface area contributed by atoms with Crippen LogP contribution in [0.2, 0.25) is 0 Å². The summed E-state index contributed by atoms with van der Waals surface area (Å²) in [4.78, 5) is 41.4. The smallest absolute Gasteiger partial charge is 0.275 e. The molecule has 0 spiro atoms. The molecule has 0 radical (unpaired) electrons. The predicted molar refractivity (Wildman–Crippen MR) is 112 cm³/mol. The van der Waals surface area contributed by atoms with E-state index in [1.54, 1.807) is 17.0 Å². The molecule has 4 aliphatic heterocycles. The Kier molecular flexibility index (Phi) is 5.56.